The van der Waals surface area contributed by atoms with Gasteiger partial charge in [0.05, 0.1) is 5.75 Å². The molecule has 0 heterocycles. The van der Waals surface area contributed by atoms with Gasteiger partial charge in [0.1, 0.15) is 5.78 Å². The lowest BCUT2D eigenvalue weighted by Crippen LogP contribution is -2.06. The third-order valence-electron chi connectivity index (χ3n) is 2.51. The van der Waals surface area contributed by atoms with Crippen molar-refractivity contribution in [3.63, 3.8) is 0 Å². The summed E-state index contributed by atoms with van der Waals surface area (Å²) < 4.78 is 0. The average Bonchev–Trinajstić information content (AvgIpc) is 2.25. The molecule has 0 saturated carbocycles. The number of hydrogen-bond donors (Lipinski definition) is 0. The fourth-order valence-corrected chi connectivity index (χ4v) is 2.16. The number of aryl methyl sites for hydroxylation is 2. The van der Waals surface area contributed by atoms with Crippen molar-refractivity contribution < 1.29 is 4.79 Å². The van der Waals surface area contributed by atoms with E-state index in [0.717, 1.165) is 6.42 Å². The van der Waals surface area contributed by atoms with Gasteiger partial charge in [-0.2, -0.15) is 11.8 Å². The number of ketones is 1. The summed E-state index contributed by atoms with van der Waals surface area (Å²) in [7, 11) is 0. The molecule has 0 radical (unpaired) electrons. The first kappa shape index (κ1) is 13.3. The average molecular weight is 236 g/mol. The number of benzene rings is 1. The van der Waals surface area contributed by atoms with Gasteiger partial charge >= 0.3 is 0 Å². The van der Waals surface area contributed by atoms with Crippen molar-refractivity contribution in [3.05, 3.63) is 35.4 Å². The first-order chi connectivity index (χ1) is 7.59. The van der Waals surface area contributed by atoms with Gasteiger partial charge in [-0.1, -0.05) is 38.1 Å². The molecule has 0 N–H and O–H groups in total. The molecule has 0 aliphatic carbocycles. The van der Waals surface area contributed by atoms with Gasteiger partial charge in [0.25, 0.3) is 0 Å². The van der Waals surface area contributed by atoms with E-state index in [2.05, 4.69) is 32.9 Å². The van der Waals surface area contributed by atoms with Gasteiger partial charge in [-0.15, -0.1) is 0 Å². The van der Waals surface area contributed by atoms with Crippen LogP contribution in [0, 0.1) is 6.92 Å². The minimum atomic E-state index is 0.363. The van der Waals surface area contributed by atoms with E-state index in [1.54, 1.807) is 11.8 Å². The fourth-order valence-electron chi connectivity index (χ4n) is 1.50. The van der Waals surface area contributed by atoms with Crippen molar-refractivity contribution in [2.45, 2.75) is 38.9 Å². The Labute approximate surface area is 103 Å². The van der Waals surface area contributed by atoms with Crippen LogP contribution in [0.15, 0.2) is 24.3 Å². The summed E-state index contributed by atoms with van der Waals surface area (Å²) in [5, 5.41) is 0.544. The fraction of sp³-hybridized carbons (Fsp3) is 0.500. The molecule has 0 saturated heterocycles. The van der Waals surface area contributed by atoms with Crippen LogP contribution in [-0.4, -0.2) is 16.8 Å². The zero-order valence-corrected chi connectivity index (χ0v) is 11.1. The molecular formula is C14H20OS. The molecule has 0 unspecified atom stereocenters. The van der Waals surface area contributed by atoms with Crippen LogP contribution < -0.4 is 0 Å². The summed E-state index contributed by atoms with van der Waals surface area (Å²) in [6.07, 6.45) is 1.55. The SMILES string of the molecule is Cc1ccccc1CCC(=O)CSC(C)C. The molecule has 1 aromatic carbocycles. The Morgan fingerprint density at radius 3 is 2.62 bits per heavy atom. The summed E-state index contributed by atoms with van der Waals surface area (Å²) >= 11 is 1.73. The third-order valence-corrected chi connectivity index (χ3v) is 3.67. The largest absolute Gasteiger partial charge is 0.299 e. The van der Waals surface area contributed by atoms with Gasteiger partial charge < -0.3 is 0 Å². The van der Waals surface area contributed by atoms with Gasteiger partial charge in [0.2, 0.25) is 0 Å². The predicted octanol–water partition coefficient (Wildman–Crippen LogP) is 3.64. The molecule has 1 rings (SSSR count). The number of carbonyl (C=O) groups excluding carboxylic acids is 1. The monoisotopic (exact) mass is 236 g/mol. The second-order valence-corrected chi connectivity index (χ2v) is 5.89. The van der Waals surface area contributed by atoms with E-state index < -0.39 is 0 Å². The second-order valence-electron chi connectivity index (χ2n) is 4.32. The summed E-state index contributed by atoms with van der Waals surface area (Å²) in [6, 6.07) is 8.28. The van der Waals surface area contributed by atoms with Crippen LogP contribution >= 0.6 is 11.8 Å². The van der Waals surface area contributed by atoms with Crippen molar-refractivity contribution >= 4 is 17.5 Å². The van der Waals surface area contributed by atoms with E-state index in [4.69, 9.17) is 0 Å². The summed E-state index contributed by atoms with van der Waals surface area (Å²) in [5.41, 5.74) is 2.58. The van der Waals surface area contributed by atoms with Crippen LogP contribution in [0.5, 0.6) is 0 Å². The lowest BCUT2D eigenvalue weighted by molar-refractivity contribution is -0.116. The second kappa shape index (κ2) is 6.74. The maximum Gasteiger partial charge on any atom is 0.143 e. The molecule has 0 aliphatic heterocycles. The maximum absolute atomic E-state index is 11.6. The quantitative estimate of drug-likeness (QED) is 0.750. The van der Waals surface area contributed by atoms with Crippen molar-refractivity contribution in [1.82, 2.24) is 0 Å². The van der Waals surface area contributed by atoms with E-state index in [1.807, 2.05) is 12.1 Å². The summed E-state index contributed by atoms with van der Waals surface area (Å²) in [5.74, 6) is 1.02. The van der Waals surface area contributed by atoms with Gasteiger partial charge in [-0.3, -0.25) is 4.79 Å². The van der Waals surface area contributed by atoms with E-state index >= 15 is 0 Å². The Morgan fingerprint density at radius 1 is 1.31 bits per heavy atom. The van der Waals surface area contributed by atoms with E-state index in [1.165, 1.54) is 11.1 Å². The number of Topliss-reactive ketones (excluding diaryl/α,β-unsaturated/α-hetero) is 1. The topological polar surface area (TPSA) is 17.1 Å². The Balaban J connectivity index is 2.35. The number of thioether (sulfide) groups is 1. The molecule has 2 heteroatoms. The summed E-state index contributed by atoms with van der Waals surface area (Å²) in [6.45, 7) is 6.35. The smallest absolute Gasteiger partial charge is 0.143 e. The highest BCUT2D eigenvalue weighted by Gasteiger charge is 2.05. The first-order valence-electron chi connectivity index (χ1n) is 5.77. The highest BCUT2D eigenvalue weighted by atomic mass is 32.2. The van der Waals surface area contributed by atoms with Crippen LogP contribution in [0.2, 0.25) is 0 Å². The molecule has 0 fully saturated rings. The van der Waals surface area contributed by atoms with Gasteiger partial charge in [0.15, 0.2) is 0 Å². The molecule has 1 nitrogen and oxygen atoms in total. The van der Waals surface area contributed by atoms with Gasteiger partial charge in [-0.25, -0.2) is 0 Å². The Kier molecular flexibility index (Phi) is 5.61. The lowest BCUT2D eigenvalue weighted by atomic mass is 10.0. The summed E-state index contributed by atoms with van der Waals surface area (Å²) in [4.78, 5) is 11.6. The van der Waals surface area contributed by atoms with Crippen molar-refractivity contribution in [2.24, 2.45) is 0 Å². The zero-order valence-electron chi connectivity index (χ0n) is 10.3. The molecule has 0 amide bonds. The molecule has 0 spiro atoms. The molecule has 16 heavy (non-hydrogen) atoms. The number of hydrogen-bond acceptors (Lipinski definition) is 2. The number of carbonyl (C=O) groups is 1. The van der Waals surface area contributed by atoms with Crippen molar-refractivity contribution in [2.75, 3.05) is 5.75 Å². The lowest BCUT2D eigenvalue weighted by Gasteiger charge is -2.06. The zero-order chi connectivity index (χ0) is 12.0. The maximum atomic E-state index is 11.6. The minimum absolute atomic E-state index is 0.363. The standard InChI is InChI=1S/C14H20OS/c1-11(2)16-10-14(15)9-8-13-7-5-4-6-12(13)3/h4-7,11H,8-10H2,1-3H3. The van der Waals surface area contributed by atoms with Gasteiger partial charge in [0, 0.05) is 6.42 Å². The van der Waals surface area contributed by atoms with Crippen LogP contribution in [0.4, 0.5) is 0 Å². The predicted molar refractivity (Wildman–Crippen MR) is 72.1 cm³/mol. The van der Waals surface area contributed by atoms with Crippen molar-refractivity contribution in [3.8, 4) is 0 Å². The van der Waals surface area contributed by atoms with E-state index in [0.29, 0.717) is 23.2 Å². The number of rotatable bonds is 6. The molecule has 0 atom stereocenters. The van der Waals surface area contributed by atoms with Crippen LogP contribution in [0.3, 0.4) is 0 Å². The third kappa shape index (κ3) is 4.84. The molecular weight excluding hydrogens is 216 g/mol. The Hall–Kier alpha value is -0.760. The van der Waals surface area contributed by atoms with E-state index in [9.17, 15) is 4.79 Å². The molecule has 88 valence electrons. The first-order valence-corrected chi connectivity index (χ1v) is 6.82. The normalized spacial score (nSPS) is 10.8. The van der Waals surface area contributed by atoms with Gasteiger partial charge in [-0.05, 0) is 29.7 Å². The van der Waals surface area contributed by atoms with Crippen LogP contribution in [0.25, 0.3) is 0 Å². The van der Waals surface area contributed by atoms with Crippen molar-refractivity contribution in [1.29, 1.82) is 0 Å². The molecule has 0 aliphatic rings. The highest BCUT2D eigenvalue weighted by Crippen LogP contribution is 2.13. The van der Waals surface area contributed by atoms with E-state index in [-0.39, 0.29) is 0 Å². The van der Waals surface area contributed by atoms with Crippen LogP contribution in [0.1, 0.15) is 31.4 Å². The highest BCUT2D eigenvalue weighted by molar-refractivity contribution is 8.00. The Morgan fingerprint density at radius 2 is 2.00 bits per heavy atom. The minimum Gasteiger partial charge on any atom is -0.299 e. The molecule has 1 aromatic rings. The Bertz CT molecular complexity index is 344. The van der Waals surface area contributed by atoms with Crippen LogP contribution in [-0.2, 0) is 11.2 Å². The molecule has 0 bridgehead atoms. The molecule has 0 aromatic heterocycles.